The van der Waals surface area contributed by atoms with E-state index in [0.29, 0.717) is 0 Å². The summed E-state index contributed by atoms with van der Waals surface area (Å²) in [6.45, 7) is 1.35. The minimum absolute atomic E-state index is 0.192. The topological polar surface area (TPSA) is 119 Å². The van der Waals surface area contributed by atoms with Gasteiger partial charge >= 0.3 is 5.97 Å². The van der Waals surface area contributed by atoms with Gasteiger partial charge < -0.3 is 15.6 Å². The van der Waals surface area contributed by atoms with Crippen LogP contribution >= 0.6 is 0 Å². The number of fused-ring (bicyclic) bond motifs is 1. The van der Waals surface area contributed by atoms with Gasteiger partial charge in [0.2, 0.25) is 11.0 Å². The molecule has 2 N–H and O–H groups in total. The molecule has 18 heavy (non-hydrogen) atoms. The number of aliphatic carboxylic acids is 1. The lowest BCUT2D eigenvalue weighted by molar-refractivity contribution is -0.782. The van der Waals surface area contributed by atoms with Crippen LogP contribution in [0.4, 0.5) is 0 Å². The Bertz CT molecular complexity index is 621. The Morgan fingerprint density at radius 3 is 2.94 bits per heavy atom. The first-order valence-corrected chi connectivity index (χ1v) is 5.02. The van der Waals surface area contributed by atoms with Gasteiger partial charge in [0.05, 0.1) is 0 Å². The van der Waals surface area contributed by atoms with Crippen LogP contribution < -0.4 is 10.2 Å². The zero-order valence-electron chi connectivity index (χ0n) is 9.28. The first kappa shape index (κ1) is 11.8. The van der Waals surface area contributed by atoms with Gasteiger partial charge in [-0.15, -0.1) is 0 Å². The van der Waals surface area contributed by atoms with Crippen LogP contribution in [0.25, 0.3) is 11.0 Å². The number of aromatic nitrogens is 2. The van der Waals surface area contributed by atoms with Crippen LogP contribution in [0.2, 0.25) is 0 Å². The van der Waals surface area contributed by atoms with Crippen molar-refractivity contribution in [1.82, 2.24) is 10.5 Å². The smallest absolute Gasteiger partial charge is 0.325 e. The Morgan fingerprint density at radius 1 is 1.56 bits per heavy atom. The second kappa shape index (κ2) is 4.32. The van der Waals surface area contributed by atoms with Gasteiger partial charge in [0.25, 0.3) is 5.91 Å². The fourth-order valence-corrected chi connectivity index (χ4v) is 1.36. The first-order valence-electron chi connectivity index (χ1n) is 5.02. The van der Waals surface area contributed by atoms with E-state index < -0.39 is 17.9 Å². The van der Waals surface area contributed by atoms with Crippen LogP contribution in [-0.2, 0) is 4.79 Å². The monoisotopic (exact) mass is 251 g/mol. The van der Waals surface area contributed by atoms with Gasteiger partial charge in [-0.2, -0.15) is 0 Å². The van der Waals surface area contributed by atoms with Crippen molar-refractivity contribution < 1.29 is 24.2 Å². The van der Waals surface area contributed by atoms with Gasteiger partial charge in [0.15, 0.2) is 0 Å². The van der Waals surface area contributed by atoms with Gasteiger partial charge in [-0.3, -0.25) is 14.2 Å². The van der Waals surface area contributed by atoms with E-state index in [9.17, 15) is 14.8 Å². The van der Waals surface area contributed by atoms with Crippen molar-refractivity contribution in [1.29, 1.82) is 0 Å². The van der Waals surface area contributed by atoms with Crippen molar-refractivity contribution in [2.24, 2.45) is 0 Å². The van der Waals surface area contributed by atoms with Crippen LogP contribution in [0.15, 0.2) is 22.8 Å². The van der Waals surface area contributed by atoms with Gasteiger partial charge in [-0.1, -0.05) is 0 Å². The Morgan fingerprint density at radius 2 is 2.28 bits per heavy atom. The number of amides is 1. The molecule has 2 rings (SSSR count). The van der Waals surface area contributed by atoms with E-state index in [4.69, 9.17) is 5.11 Å². The molecule has 1 amide bonds. The van der Waals surface area contributed by atoms with E-state index in [1.165, 1.54) is 25.1 Å². The predicted octanol–water partition coefficient (Wildman–Crippen LogP) is -0.336. The molecule has 0 spiro atoms. The molecular weight excluding hydrogens is 242 g/mol. The van der Waals surface area contributed by atoms with Crippen LogP contribution in [0.5, 0.6) is 0 Å². The summed E-state index contributed by atoms with van der Waals surface area (Å²) in [4.78, 5) is 22.5. The van der Waals surface area contributed by atoms with Crippen LogP contribution in [0, 0.1) is 5.21 Å². The second-order valence-corrected chi connectivity index (χ2v) is 3.67. The molecule has 0 unspecified atom stereocenters. The van der Waals surface area contributed by atoms with Crippen molar-refractivity contribution in [3.8, 4) is 0 Å². The summed E-state index contributed by atoms with van der Waals surface area (Å²) >= 11 is 0. The molecule has 0 saturated heterocycles. The van der Waals surface area contributed by atoms with Gasteiger partial charge in [-0.25, -0.2) is 0 Å². The number of rotatable bonds is 3. The number of carboxylic acid groups (broad SMARTS) is 1. The molecule has 0 aliphatic carbocycles. The summed E-state index contributed by atoms with van der Waals surface area (Å²) in [6.07, 6.45) is 0. The minimum atomic E-state index is -1.14. The highest BCUT2D eigenvalue weighted by atomic mass is 16.8. The van der Waals surface area contributed by atoms with Crippen molar-refractivity contribution in [3.05, 3.63) is 29.0 Å². The van der Waals surface area contributed by atoms with Gasteiger partial charge in [0.1, 0.15) is 6.04 Å². The van der Waals surface area contributed by atoms with E-state index >= 15 is 0 Å². The molecule has 0 radical (unpaired) electrons. The SMILES string of the molecule is C[C@H](NC(=O)c1ccc2c(c1)no[n+]2[O-])C(=O)O. The quantitative estimate of drug-likeness (QED) is 0.720. The Balaban J connectivity index is 2.25. The fourth-order valence-electron chi connectivity index (χ4n) is 1.36. The number of carbonyl (C=O) groups is 2. The Kier molecular flexibility index (Phi) is 2.84. The molecule has 8 heteroatoms. The number of carbonyl (C=O) groups excluding carboxylic acids is 1. The summed E-state index contributed by atoms with van der Waals surface area (Å²) in [7, 11) is 0. The molecule has 1 aromatic heterocycles. The van der Waals surface area contributed by atoms with E-state index in [-0.39, 0.29) is 21.5 Å². The number of nitrogens with one attached hydrogen (secondary N) is 1. The highest BCUT2D eigenvalue weighted by Crippen LogP contribution is 2.10. The molecule has 0 bridgehead atoms. The Labute approximate surface area is 100 Å². The Hall–Kier alpha value is -2.64. The number of carboxylic acids is 1. The third kappa shape index (κ3) is 2.08. The summed E-state index contributed by atoms with van der Waals surface area (Å²) in [6, 6.07) is 3.10. The summed E-state index contributed by atoms with van der Waals surface area (Å²) < 4.78 is 4.35. The first-order chi connectivity index (χ1) is 8.49. The number of hydrogen-bond donors (Lipinski definition) is 2. The second-order valence-electron chi connectivity index (χ2n) is 3.67. The molecule has 1 atom stereocenters. The zero-order chi connectivity index (χ0) is 13.3. The van der Waals surface area contributed by atoms with Crippen molar-refractivity contribution in [2.45, 2.75) is 13.0 Å². The van der Waals surface area contributed by atoms with Gasteiger partial charge in [0, 0.05) is 16.8 Å². The zero-order valence-corrected chi connectivity index (χ0v) is 9.28. The molecule has 0 fully saturated rings. The largest absolute Gasteiger partial charge is 0.480 e. The number of nitrogens with zero attached hydrogens (tertiary/aromatic N) is 2. The van der Waals surface area contributed by atoms with Crippen molar-refractivity contribution in [2.75, 3.05) is 0 Å². The average molecular weight is 251 g/mol. The van der Waals surface area contributed by atoms with Crippen LogP contribution in [0.1, 0.15) is 17.3 Å². The van der Waals surface area contributed by atoms with E-state index in [1.54, 1.807) is 0 Å². The fraction of sp³-hybridized carbons (Fsp3) is 0.200. The third-order valence-electron chi connectivity index (χ3n) is 2.37. The number of hydrogen-bond acceptors (Lipinski definition) is 5. The maximum absolute atomic E-state index is 11.7. The molecular formula is C10H9N3O5. The van der Waals surface area contributed by atoms with Crippen LogP contribution in [0.3, 0.4) is 0 Å². The predicted molar refractivity (Wildman–Crippen MR) is 57.5 cm³/mol. The summed E-state index contributed by atoms with van der Waals surface area (Å²) in [5.74, 6) is -1.70. The van der Waals surface area contributed by atoms with Crippen molar-refractivity contribution in [3.63, 3.8) is 0 Å². The average Bonchev–Trinajstić information content (AvgIpc) is 2.70. The minimum Gasteiger partial charge on any atom is -0.480 e. The van der Waals surface area contributed by atoms with E-state index in [2.05, 4.69) is 15.1 Å². The lowest BCUT2D eigenvalue weighted by Gasteiger charge is -2.08. The molecule has 0 aliphatic rings. The standard InChI is InChI=1S/C10H9N3O5/c1-5(10(15)16)11-9(14)6-2-3-8-7(4-6)12-18-13(8)17/h2-5H,1H3,(H,11,14)(H,15,16)/t5-/m0/s1. The highest BCUT2D eigenvalue weighted by molar-refractivity contribution is 5.98. The maximum atomic E-state index is 11.7. The normalized spacial score (nSPS) is 12.3. The molecule has 2 aromatic rings. The molecule has 1 heterocycles. The van der Waals surface area contributed by atoms with Gasteiger partial charge in [-0.05, 0) is 24.0 Å². The lowest BCUT2D eigenvalue weighted by Crippen LogP contribution is -2.38. The number of benzene rings is 1. The summed E-state index contributed by atoms with van der Waals surface area (Å²) in [5, 5.41) is 25.4. The highest BCUT2D eigenvalue weighted by Gasteiger charge is 2.17. The van der Waals surface area contributed by atoms with E-state index in [0.717, 1.165) is 0 Å². The molecule has 0 aliphatic heterocycles. The molecule has 94 valence electrons. The summed E-state index contributed by atoms with van der Waals surface area (Å²) in [5.41, 5.74) is 0.614. The molecule has 0 saturated carbocycles. The molecule has 8 nitrogen and oxygen atoms in total. The molecule has 1 aromatic carbocycles. The van der Waals surface area contributed by atoms with Crippen molar-refractivity contribution >= 4 is 22.9 Å². The lowest BCUT2D eigenvalue weighted by atomic mass is 10.2. The third-order valence-corrected chi connectivity index (χ3v) is 2.37. The maximum Gasteiger partial charge on any atom is 0.325 e. The van der Waals surface area contributed by atoms with E-state index in [1.807, 2.05) is 0 Å². The van der Waals surface area contributed by atoms with Crippen LogP contribution in [-0.4, -0.2) is 28.2 Å².